The maximum atomic E-state index is 12.5. The Hall–Kier alpha value is -4.20. The summed E-state index contributed by atoms with van der Waals surface area (Å²) in [5.41, 5.74) is 0.996. The minimum atomic E-state index is -0.683. The van der Waals surface area contributed by atoms with Gasteiger partial charge in [0.25, 0.3) is 5.91 Å². The summed E-state index contributed by atoms with van der Waals surface area (Å²) in [6, 6.07) is 17.2. The largest absolute Gasteiger partial charge is 0.481 e. The molecule has 4 aromatic rings. The average molecular weight is 402 g/mol. The van der Waals surface area contributed by atoms with Gasteiger partial charge in [0.05, 0.1) is 7.11 Å². The Morgan fingerprint density at radius 1 is 1.00 bits per heavy atom. The first kappa shape index (κ1) is 19.1. The van der Waals surface area contributed by atoms with Gasteiger partial charge in [-0.05, 0) is 43.3 Å². The van der Waals surface area contributed by atoms with Gasteiger partial charge < -0.3 is 19.8 Å². The number of rotatable bonds is 5. The summed E-state index contributed by atoms with van der Waals surface area (Å²) in [6.07, 6.45) is 0. The van der Waals surface area contributed by atoms with Crippen LogP contribution in [-0.4, -0.2) is 23.0 Å². The number of amides is 1. The third-order valence-corrected chi connectivity index (χ3v) is 4.32. The maximum Gasteiger partial charge on any atom is 0.349 e. The van der Waals surface area contributed by atoms with E-state index in [0.29, 0.717) is 34.2 Å². The molecular weight excluding hydrogens is 384 g/mol. The smallest absolute Gasteiger partial charge is 0.349 e. The zero-order chi connectivity index (χ0) is 21.1. The standard InChI is InChI=1S/C22H18N4O4/c1-13-23-19(12-20(24-13)29-2)25-15-7-9-16(10-8-15)26-21(27)17-11-14-5-3-4-6-18(14)30-22(17)28/h3-12H,1-2H3,(H,26,27)(H,23,24,25). The maximum absolute atomic E-state index is 12.5. The summed E-state index contributed by atoms with van der Waals surface area (Å²) in [5, 5.41) is 6.54. The van der Waals surface area contributed by atoms with Crippen LogP contribution in [0.15, 0.2) is 69.9 Å². The number of carbonyl (C=O) groups excluding carboxylic acids is 1. The highest BCUT2D eigenvalue weighted by molar-refractivity contribution is 6.05. The van der Waals surface area contributed by atoms with Crippen molar-refractivity contribution in [3.63, 3.8) is 0 Å². The monoisotopic (exact) mass is 402 g/mol. The third-order valence-electron chi connectivity index (χ3n) is 4.32. The summed E-state index contributed by atoms with van der Waals surface area (Å²) < 4.78 is 10.4. The van der Waals surface area contributed by atoms with Crippen molar-refractivity contribution in [2.24, 2.45) is 0 Å². The summed E-state index contributed by atoms with van der Waals surface area (Å²) in [4.78, 5) is 33.1. The number of hydrogen-bond donors (Lipinski definition) is 2. The van der Waals surface area contributed by atoms with E-state index in [1.807, 2.05) is 6.07 Å². The number of para-hydroxylation sites is 1. The number of nitrogens with one attached hydrogen (secondary N) is 2. The molecule has 0 aliphatic heterocycles. The van der Waals surface area contributed by atoms with Crippen molar-refractivity contribution >= 4 is 34.1 Å². The number of aryl methyl sites for hydroxylation is 1. The normalized spacial score (nSPS) is 10.6. The predicted molar refractivity (Wildman–Crippen MR) is 113 cm³/mol. The van der Waals surface area contributed by atoms with Crippen LogP contribution in [0.1, 0.15) is 16.2 Å². The molecule has 1 amide bonds. The van der Waals surface area contributed by atoms with Gasteiger partial charge in [0.2, 0.25) is 5.88 Å². The first-order valence-electron chi connectivity index (χ1n) is 9.13. The van der Waals surface area contributed by atoms with E-state index in [1.165, 1.54) is 6.07 Å². The fourth-order valence-electron chi connectivity index (χ4n) is 2.91. The zero-order valence-corrected chi connectivity index (χ0v) is 16.3. The molecule has 0 bridgehead atoms. The van der Waals surface area contributed by atoms with E-state index in [1.54, 1.807) is 62.6 Å². The van der Waals surface area contributed by atoms with Crippen LogP contribution >= 0.6 is 0 Å². The van der Waals surface area contributed by atoms with Gasteiger partial charge in [0.1, 0.15) is 22.8 Å². The Kier molecular flexibility index (Phi) is 5.13. The first-order chi connectivity index (χ1) is 14.5. The van der Waals surface area contributed by atoms with E-state index in [4.69, 9.17) is 9.15 Å². The molecule has 0 aliphatic rings. The lowest BCUT2D eigenvalue weighted by Crippen LogP contribution is -2.20. The molecule has 0 radical (unpaired) electrons. The molecule has 30 heavy (non-hydrogen) atoms. The number of carbonyl (C=O) groups is 1. The van der Waals surface area contributed by atoms with Crippen molar-refractivity contribution < 1.29 is 13.9 Å². The minimum Gasteiger partial charge on any atom is -0.481 e. The number of nitrogens with zero attached hydrogens (tertiary/aromatic N) is 2. The van der Waals surface area contributed by atoms with Crippen LogP contribution in [0.25, 0.3) is 11.0 Å². The quantitative estimate of drug-likeness (QED) is 0.488. The Morgan fingerprint density at radius 3 is 2.50 bits per heavy atom. The fraction of sp³-hybridized carbons (Fsp3) is 0.0909. The van der Waals surface area contributed by atoms with E-state index in [9.17, 15) is 9.59 Å². The SMILES string of the molecule is COc1cc(Nc2ccc(NC(=O)c3cc4ccccc4oc3=O)cc2)nc(C)n1. The molecule has 2 heterocycles. The van der Waals surface area contributed by atoms with Crippen molar-refractivity contribution in [3.05, 3.63) is 82.5 Å². The number of anilines is 3. The van der Waals surface area contributed by atoms with Crippen molar-refractivity contribution in [1.29, 1.82) is 0 Å². The van der Waals surface area contributed by atoms with Crippen LogP contribution < -0.4 is 21.0 Å². The van der Waals surface area contributed by atoms with Gasteiger partial charge in [-0.15, -0.1) is 0 Å². The number of benzene rings is 2. The third kappa shape index (κ3) is 4.12. The van der Waals surface area contributed by atoms with Gasteiger partial charge in [0.15, 0.2) is 0 Å². The average Bonchev–Trinajstić information content (AvgIpc) is 2.74. The van der Waals surface area contributed by atoms with E-state index >= 15 is 0 Å². The summed E-state index contributed by atoms with van der Waals surface area (Å²) in [7, 11) is 1.54. The molecule has 0 fully saturated rings. The molecule has 8 heteroatoms. The van der Waals surface area contributed by atoms with Crippen LogP contribution in [0.5, 0.6) is 5.88 Å². The van der Waals surface area contributed by atoms with Gasteiger partial charge in [-0.2, -0.15) is 4.98 Å². The molecule has 0 saturated heterocycles. The second-order valence-corrected chi connectivity index (χ2v) is 6.48. The van der Waals surface area contributed by atoms with Crippen molar-refractivity contribution in [3.8, 4) is 5.88 Å². The predicted octanol–water partition coefficient (Wildman–Crippen LogP) is 3.90. The molecule has 0 aliphatic carbocycles. The molecule has 0 spiro atoms. The Balaban J connectivity index is 1.50. The van der Waals surface area contributed by atoms with Gasteiger partial charge in [-0.1, -0.05) is 18.2 Å². The zero-order valence-electron chi connectivity index (χ0n) is 16.3. The first-order valence-corrected chi connectivity index (χ1v) is 9.13. The molecule has 0 saturated carbocycles. The summed E-state index contributed by atoms with van der Waals surface area (Å²) >= 11 is 0. The number of methoxy groups -OCH3 is 1. The highest BCUT2D eigenvalue weighted by Gasteiger charge is 2.14. The van der Waals surface area contributed by atoms with Gasteiger partial charge in [-0.3, -0.25) is 4.79 Å². The molecule has 2 N–H and O–H groups in total. The highest BCUT2D eigenvalue weighted by atomic mass is 16.5. The second-order valence-electron chi connectivity index (χ2n) is 6.48. The topological polar surface area (TPSA) is 106 Å². The fourth-order valence-corrected chi connectivity index (χ4v) is 2.91. The minimum absolute atomic E-state index is 0.0561. The number of aromatic nitrogens is 2. The van der Waals surface area contributed by atoms with Crippen LogP contribution in [0, 0.1) is 6.92 Å². The van der Waals surface area contributed by atoms with Crippen LogP contribution in [0.2, 0.25) is 0 Å². The van der Waals surface area contributed by atoms with E-state index in [2.05, 4.69) is 20.6 Å². The molecule has 8 nitrogen and oxygen atoms in total. The van der Waals surface area contributed by atoms with Crippen molar-refractivity contribution in [2.75, 3.05) is 17.7 Å². The molecule has 2 aromatic heterocycles. The molecule has 0 unspecified atom stereocenters. The van der Waals surface area contributed by atoms with Gasteiger partial charge in [-0.25, -0.2) is 9.78 Å². The molecule has 4 rings (SSSR count). The van der Waals surface area contributed by atoms with Crippen LogP contribution in [-0.2, 0) is 0 Å². The lowest BCUT2D eigenvalue weighted by atomic mass is 10.1. The number of fused-ring (bicyclic) bond motifs is 1. The van der Waals surface area contributed by atoms with Crippen LogP contribution in [0.4, 0.5) is 17.2 Å². The number of hydrogen-bond acceptors (Lipinski definition) is 7. The van der Waals surface area contributed by atoms with Crippen molar-refractivity contribution in [2.45, 2.75) is 6.92 Å². The Labute approximate surface area is 171 Å². The molecule has 150 valence electrons. The van der Waals surface area contributed by atoms with Gasteiger partial charge >= 0.3 is 5.63 Å². The molecular formula is C22H18N4O4. The molecule has 0 atom stereocenters. The van der Waals surface area contributed by atoms with E-state index in [0.717, 1.165) is 5.69 Å². The van der Waals surface area contributed by atoms with E-state index < -0.39 is 11.5 Å². The number of ether oxygens (including phenoxy) is 1. The van der Waals surface area contributed by atoms with Crippen LogP contribution in [0.3, 0.4) is 0 Å². The summed E-state index contributed by atoms with van der Waals surface area (Å²) in [5.74, 6) is 1.09. The lowest BCUT2D eigenvalue weighted by molar-refractivity contribution is 0.102. The second kappa shape index (κ2) is 8.04. The summed E-state index contributed by atoms with van der Waals surface area (Å²) in [6.45, 7) is 1.77. The van der Waals surface area contributed by atoms with Crippen molar-refractivity contribution in [1.82, 2.24) is 9.97 Å². The van der Waals surface area contributed by atoms with Gasteiger partial charge in [0, 0.05) is 22.8 Å². The lowest BCUT2D eigenvalue weighted by Gasteiger charge is -2.09. The Morgan fingerprint density at radius 2 is 1.73 bits per heavy atom. The molecule has 2 aromatic carbocycles. The Bertz CT molecular complexity index is 1280. The highest BCUT2D eigenvalue weighted by Crippen LogP contribution is 2.21. The van der Waals surface area contributed by atoms with E-state index in [-0.39, 0.29) is 5.56 Å².